The summed E-state index contributed by atoms with van der Waals surface area (Å²) in [7, 11) is 0. The van der Waals surface area contributed by atoms with Crippen LogP contribution in [-0.2, 0) is 9.53 Å². The van der Waals surface area contributed by atoms with Crippen molar-refractivity contribution >= 4 is 29.5 Å². The molecule has 114 valence electrons. The normalized spacial score (nSPS) is 13.9. The maximum Gasteiger partial charge on any atom is 0.313 e. The number of rotatable bonds is 4. The van der Waals surface area contributed by atoms with Crippen molar-refractivity contribution in [1.29, 1.82) is 0 Å². The molecule has 0 aliphatic carbocycles. The standard InChI is InChI=1S/C18H18O2S2/c1-3-13(18(19)20-4-2)12-9-10-16-17(11-12)22-15-8-6-5-7-14(15)21-16/h5-11,13H,3-4H2,1-2H3. The predicted molar refractivity (Wildman–Crippen MR) is 90.8 cm³/mol. The summed E-state index contributed by atoms with van der Waals surface area (Å²) in [6.45, 7) is 4.30. The Morgan fingerprint density at radius 2 is 1.64 bits per heavy atom. The van der Waals surface area contributed by atoms with Gasteiger partial charge in [-0.15, -0.1) is 0 Å². The van der Waals surface area contributed by atoms with Gasteiger partial charge < -0.3 is 4.74 Å². The van der Waals surface area contributed by atoms with Gasteiger partial charge in [0.15, 0.2) is 0 Å². The lowest BCUT2D eigenvalue weighted by atomic mass is 9.97. The van der Waals surface area contributed by atoms with Crippen LogP contribution in [0, 0.1) is 0 Å². The van der Waals surface area contributed by atoms with Crippen molar-refractivity contribution in [1.82, 2.24) is 0 Å². The highest BCUT2D eigenvalue weighted by Gasteiger charge is 2.23. The van der Waals surface area contributed by atoms with Gasteiger partial charge in [-0.1, -0.05) is 48.6 Å². The summed E-state index contributed by atoms with van der Waals surface area (Å²) in [5.41, 5.74) is 1.05. The van der Waals surface area contributed by atoms with Gasteiger partial charge in [0.2, 0.25) is 0 Å². The van der Waals surface area contributed by atoms with E-state index in [9.17, 15) is 4.79 Å². The van der Waals surface area contributed by atoms with Crippen LogP contribution in [0.5, 0.6) is 0 Å². The molecule has 2 nitrogen and oxygen atoms in total. The Morgan fingerprint density at radius 1 is 1.00 bits per heavy atom. The number of ether oxygens (including phenoxy) is 1. The average Bonchev–Trinajstić information content (AvgIpc) is 2.54. The summed E-state index contributed by atoms with van der Waals surface area (Å²) in [4.78, 5) is 17.2. The van der Waals surface area contributed by atoms with Crippen molar-refractivity contribution in [2.24, 2.45) is 0 Å². The zero-order valence-corrected chi connectivity index (χ0v) is 14.3. The van der Waals surface area contributed by atoms with Crippen LogP contribution in [0.1, 0.15) is 31.7 Å². The number of fused-ring (bicyclic) bond motifs is 2. The maximum absolute atomic E-state index is 12.1. The molecule has 0 saturated carbocycles. The number of carbonyl (C=O) groups is 1. The molecule has 2 aromatic carbocycles. The van der Waals surface area contributed by atoms with Crippen molar-refractivity contribution in [3.05, 3.63) is 48.0 Å². The molecule has 1 aliphatic rings. The summed E-state index contributed by atoms with van der Waals surface area (Å²) in [6, 6.07) is 14.8. The van der Waals surface area contributed by atoms with Gasteiger partial charge in [-0.3, -0.25) is 4.79 Å². The lowest BCUT2D eigenvalue weighted by Gasteiger charge is -2.20. The first-order valence-electron chi connectivity index (χ1n) is 7.48. The van der Waals surface area contributed by atoms with Crippen molar-refractivity contribution in [3.63, 3.8) is 0 Å². The highest BCUT2D eigenvalue weighted by Crippen LogP contribution is 2.48. The molecule has 0 spiro atoms. The second kappa shape index (κ2) is 6.80. The molecule has 4 heteroatoms. The van der Waals surface area contributed by atoms with Crippen LogP contribution in [0.4, 0.5) is 0 Å². The molecule has 1 heterocycles. The summed E-state index contributed by atoms with van der Waals surface area (Å²) in [5.74, 6) is -0.299. The summed E-state index contributed by atoms with van der Waals surface area (Å²) >= 11 is 3.57. The summed E-state index contributed by atoms with van der Waals surface area (Å²) < 4.78 is 5.20. The minimum atomic E-state index is -0.173. The molecule has 0 aromatic heterocycles. The van der Waals surface area contributed by atoms with Crippen LogP contribution in [0.3, 0.4) is 0 Å². The topological polar surface area (TPSA) is 26.3 Å². The highest BCUT2D eigenvalue weighted by molar-refractivity contribution is 8.05. The molecular formula is C18H18O2S2. The Bertz CT molecular complexity index is 697. The van der Waals surface area contributed by atoms with Crippen LogP contribution < -0.4 is 0 Å². The lowest BCUT2D eigenvalue weighted by Crippen LogP contribution is -2.15. The molecule has 3 rings (SSSR count). The number of hydrogen-bond donors (Lipinski definition) is 0. The van der Waals surface area contributed by atoms with Gasteiger partial charge in [0, 0.05) is 19.6 Å². The van der Waals surface area contributed by atoms with E-state index < -0.39 is 0 Å². The number of hydrogen-bond acceptors (Lipinski definition) is 4. The van der Waals surface area contributed by atoms with E-state index in [0.717, 1.165) is 12.0 Å². The van der Waals surface area contributed by atoms with E-state index in [1.807, 2.05) is 13.8 Å². The number of carbonyl (C=O) groups excluding carboxylic acids is 1. The Kier molecular flexibility index (Phi) is 4.79. The van der Waals surface area contributed by atoms with E-state index in [2.05, 4.69) is 42.5 Å². The fraction of sp³-hybridized carbons (Fsp3) is 0.278. The summed E-state index contributed by atoms with van der Waals surface area (Å²) in [5, 5.41) is 0. The first-order valence-corrected chi connectivity index (χ1v) is 9.11. The zero-order chi connectivity index (χ0) is 15.5. The molecule has 1 aliphatic heterocycles. The Morgan fingerprint density at radius 3 is 2.27 bits per heavy atom. The van der Waals surface area contributed by atoms with E-state index in [0.29, 0.717) is 6.61 Å². The fourth-order valence-corrected chi connectivity index (χ4v) is 4.81. The first-order chi connectivity index (χ1) is 10.7. The average molecular weight is 330 g/mol. The molecule has 0 amide bonds. The van der Waals surface area contributed by atoms with Crippen molar-refractivity contribution in [2.45, 2.75) is 45.8 Å². The van der Waals surface area contributed by atoms with Crippen LogP contribution in [-0.4, -0.2) is 12.6 Å². The van der Waals surface area contributed by atoms with Crippen LogP contribution in [0.25, 0.3) is 0 Å². The van der Waals surface area contributed by atoms with Crippen molar-refractivity contribution in [3.8, 4) is 0 Å². The largest absolute Gasteiger partial charge is 0.466 e. The molecule has 22 heavy (non-hydrogen) atoms. The number of esters is 1. The van der Waals surface area contributed by atoms with Gasteiger partial charge >= 0.3 is 5.97 Å². The third-order valence-electron chi connectivity index (χ3n) is 3.64. The van der Waals surface area contributed by atoms with E-state index >= 15 is 0 Å². The second-order valence-corrected chi connectivity index (χ2v) is 7.24. The van der Waals surface area contributed by atoms with Gasteiger partial charge in [-0.05, 0) is 43.2 Å². The first kappa shape index (κ1) is 15.5. The van der Waals surface area contributed by atoms with E-state index in [-0.39, 0.29) is 11.9 Å². The van der Waals surface area contributed by atoms with Gasteiger partial charge in [0.05, 0.1) is 12.5 Å². The van der Waals surface area contributed by atoms with Crippen LogP contribution in [0.15, 0.2) is 62.0 Å². The van der Waals surface area contributed by atoms with E-state index in [1.54, 1.807) is 23.5 Å². The molecule has 0 N–H and O–H groups in total. The smallest absolute Gasteiger partial charge is 0.313 e. The quantitative estimate of drug-likeness (QED) is 0.602. The molecule has 0 radical (unpaired) electrons. The maximum atomic E-state index is 12.1. The summed E-state index contributed by atoms with van der Waals surface area (Å²) in [6.07, 6.45) is 0.756. The molecule has 1 unspecified atom stereocenters. The third-order valence-corrected chi connectivity index (χ3v) is 6.18. The minimum absolute atomic E-state index is 0.126. The molecule has 2 aromatic rings. The van der Waals surface area contributed by atoms with Gasteiger partial charge in [0.25, 0.3) is 0 Å². The molecule has 0 bridgehead atoms. The lowest BCUT2D eigenvalue weighted by molar-refractivity contribution is -0.145. The van der Waals surface area contributed by atoms with Gasteiger partial charge in [0.1, 0.15) is 0 Å². The predicted octanol–water partition coefficient (Wildman–Crippen LogP) is 5.36. The Hall–Kier alpha value is -1.39. The SMILES string of the molecule is CCOC(=O)C(CC)c1ccc2c(c1)Sc1ccccc1S2. The fourth-order valence-electron chi connectivity index (χ4n) is 2.54. The third kappa shape index (κ3) is 3.03. The molecule has 0 saturated heterocycles. The Labute approximate surface area is 139 Å². The van der Waals surface area contributed by atoms with Crippen molar-refractivity contribution < 1.29 is 9.53 Å². The molecule has 0 fully saturated rings. The molecular weight excluding hydrogens is 312 g/mol. The van der Waals surface area contributed by atoms with Crippen LogP contribution >= 0.6 is 23.5 Å². The van der Waals surface area contributed by atoms with Crippen LogP contribution in [0.2, 0.25) is 0 Å². The second-order valence-electron chi connectivity index (χ2n) is 5.07. The number of benzene rings is 2. The zero-order valence-electron chi connectivity index (χ0n) is 12.7. The van der Waals surface area contributed by atoms with E-state index in [4.69, 9.17) is 4.74 Å². The minimum Gasteiger partial charge on any atom is -0.466 e. The Balaban J connectivity index is 1.90. The van der Waals surface area contributed by atoms with E-state index in [1.165, 1.54) is 19.6 Å². The highest BCUT2D eigenvalue weighted by atomic mass is 32.2. The monoisotopic (exact) mass is 330 g/mol. The van der Waals surface area contributed by atoms with Crippen molar-refractivity contribution in [2.75, 3.05) is 6.61 Å². The van der Waals surface area contributed by atoms with Gasteiger partial charge in [-0.25, -0.2) is 0 Å². The van der Waals surface area contributed by atoms with Gasteiger partial charge in [-0.2, -0.15) is 0 Å². The molecule has 1 atom stereocenters.